The van der Waals surface area contributed by atoms with Gasteiger partial charge in [-0.2, -0.15) is 0 Å². The number of aromatic nitrogens is 1. The SMILES string of the molecule is CCC[C@H]1COC[C@H]2CN(C(=O)c3ccc(N(C)C)nc3)CCN12. The van der Waals surface area contributed by atoms with Crippen LogP contribution in [0.15, 0.2) is 18.3 Å². The number of carbonyl (C=O) groups excluding carboxylic acids is 1. The third-order valence-electron chi connectivity index (χ3n) is 4.98. The number of piperazine rings is 1. The summed E-state index contributed by atoms with van der Waals surface area (Å²) in [5.41, 5.74) is 0.663. The number of rotatable bonds is 4. The van der Waals surface area contributed by atoms with Crippen molar-refractivity contribution >= 4 is 11.7 Å². The van der Waals surface area contributed by atoms with E-state index in [2.05, 4.69) is 16.8 Å². The van der Waals surface area contributed by atoms with E-state index in [4.69, 9.17) is 4.74 Å². The van der Waals surface area contributed by atoms with E-state index >= 15 is 0 Å². The number of morpholine rings is 1. The van der Waals surface area contributed by atoms with Gasteiger partial charge in [-0.1, -0.05) is 13.3 Å². The number of anilines is 1. The Labute approximate surface area is 144 Å². The van der Waals surface area contributed by atoms with Crippen LogP contribution in [0.1, 0.15) is 30.1 Å². The van der Waals surface area contributed by atoms with E-state index in [-0.39, 0.29) is 5.91 Å². The number of carbonyl (C=O) groups is 1. The first-order valence-corrected chi connectivity index (χ1v) is 8.86. The highest BCUT2D eigenvalue weighted by molar-refractivity contribution is 5.94. The highest BCUT2D eigenvalue weighted by Crippen LogP contribution is 2.22. The third-order valence-corrected chi connectivity index (χ3v) is 4.98. The van der Waals surface area contributed by atoms with Crippen LogP contribution >= 0.6 is 0 Å². The smallest absolute Gasteiger partial charge is 0.255 e. The number of amides is 1. The zero-order chi connectivity index (χ0) is 17.1. The summed E-state index contributed by atoms with van der Waals surface area (Å²) in [6.45, 7) is 6.23. The lowest BCUT2D eigenvalue weighted by Crippen LogP contribution is -2.62. The van der Waals surface area contributed by atoms with Crippen molar-refractivity contribution in [2.75, 3.05) is 51.8 Å². The summed E-state index contributed by atoms with van der Waals surface area (Å²) < 4.78 is 5.78. The highest BCUT2D eigenvalue weighted by Gasteiger charge is 2.36. The monoisotopic (exact) mass is 332 g/mol. The molecule has 2 aliphatic rings. The predicted molar refractivity (Wildman–Crippen MR) is 94.5 cm³/mol. The van der Waals surface area contributed by atoms with Gasteiger partial charge in [0.1, 0.15) is 5.82 Å². The van der Waals surface area contributed by atoms with Crippen LogP contribution in [-0.2, 0) is 4.74 Å². The molecule has 0 N–H and O–H groups in total. The molecule has 2 atom stereocenters. The van der Waals surface area contributed by atoms with E-state index in [0.717, 1.165) is 38.7 Å². The van der Waals surface area contributed by atoms with Crippen LogP contribution in [-0.4, -0.2) is 79.7 Å². The van der Waals surface area contributed by atoms with Gasteiger partial charge in [0.2, 0.25) is 0 Å². The Morgan fingerprint density at radius 3 is 2.83 bits per heavy atom. The summed E-state index contributed by atoms with van der Waals surface area (Å²) in [4.78, 5) is 23.6. The topological polar surface area (TPSA) is 48.9 Å². The summed E-state index contributed by atoms with van der Waals surface area (Å²) in [5.74, 6) is 0.935. The van der Waals surface area contributed by atoms with Crippen molar-refractivity contribution in [2.24, 2.45) is 0 Å². The molecule has 1 amide bonds. The third kappa shape index (κ3) is 3.54. The van der Waals surface area contributed by atoms with Gasteiger partial charge in [0.15, 0.2) is 0 Å². The largest absolute Gasteiger partial charge is 0.378 e. The average Bonchev–Trinajstić information content (AvgIpc) is 2.61. The standard InChI is InChI=1S/C18H28N4O2/c1-4-5-15-12-24-13-16-11-21(8-9-22(15)16)18(23)14-6-7-17(19-10-14)20(2)3/h6-7,10,15-16H,4-5,8-9,11-13H2,1-3H3/t15-,16+/m0/s1. The van der Waals surface area contributed by atoms with Gasteiger partial charge in [-0.15, -0.1) is 0 Å². The zero-order valence-electron chi connectivity index (χ0n) is 14.9. The molecular formula is C18H28N4O2. The number of hydrogen-bond donors (Lipinski definition) is 0. The minimum atomic E-state index is 0.0741. The Hall–Kier alpha value is -1.66. The normalized spacial score (nSPS) is 24.5. The minimum Gasteiger partial charge on any atom is -0.378 e. The van der Waals surface area contributed by atoms with Crippen LogP contribution in [0.4, 0.5) is 5.82 Å². The fraction of sp³-hybridized carbons (Fsp3) is 0.667. The molecule has 6 nitrogen and oxygen atoms in total. The molecule has 0 unspecified atom stereocenters. The molecule has 1 aromatic rings. The maximum absolute atomic E-state index is 12.8. The fourth-order valence-electron chi connectivity index (χ4n) is 3.66. The summed E-state index contributed by atoms with van der Waals surface area (Å²) in [6.07, 6.45) is 4.02. The molecule has 132 valence electrons. The van der Waals surface area contributed by atoms with Crippen molar-refractivity contribution in [2.45, 2.75) is 31.8 Å². The molecule has 0 aliphatic carbocycles. The molecule has 3 rings (SSSR count). The molecule has 0 spiro atoms. The summed E-state index contributed by atoms with van der Waals surface area (Å²) in [5, 5.41) is 0. The van der Waals surface area contributed by atoms with Gasteiger partial charge in [0.25, 0.3) is 5.91 Å². The van der Waals surface area contributed by atoms with Gasteiger partial charge in [-0.3, -0.25) is 9.69 Å². The van der Waals surface area contributed by atoms with Crippen LogP contribution in [0.2, 0.25) is 0 Å². The minimum absolute atomic E-state index is 0.0741. The number of hydrogen-bond acceptors (Lipinski definition) is 5. The van der Waals surface area contributed by atoms with Crippen molar-refractivity contribution in [3.8, 4) is 0 Å². The van der Waals surface area contributed by atoms with E-state index in [0.29, 0.717) is 17.6 Å². The maximum Gasteiger partial charge on any atom is 0.255 e. The molecule has 0 aromatic carbocycles. The fourth-order valence-corrected chi connectivity index (χ4v) is 3.66. The van der Waals surface area contributed by atoms with Crippen molar-refractivity contribution in [3.63, 3.8) is 0 Å². The van der Waals surface area contributed by atoms with Crippen molar-refractivity contribution < 1.29 is 9.53 Å². The lowest BCUT2D eigenvalue weighted by Gasteiger charge is -2.48. The Kier molecular flexibility index (Phi) is 5.36. The highest BCUT2D eigenvalue weighted by atomic mass is 16.5. The second kappa shape index (κ2) is 7.49. The van der Waals surface area contributed by atoms with Gasteiger partial charge < -0.3 is 14.5 Å². The van der Waals surface area contributed by atoms with Gasteiger partial charge in [-0.05, 0) is 18.6 Å². The lowest BCUT2D eigenvalue weighted by molar-refractivity contribution is -0.0776. The number of fused-ring (bicyclic) bond motifs is 1. The van der Waals surface area contributed by atoms with Gasteiger partial charge in [0, 0.05) is 46.0 Å². The average molecular weight is 332 g/mol. The quantitative estimate of drug-likeness (QED) is 0.836. The van der Waals surface area contributed by atoms with E-state index < -0.39 is 0 Å². The second-order valence-electron chi connectivity index (χ2n) is 6.92. The second-order valence-corrected chi connectivity index (χ2v) is 6.92. The first-order chi connectivity index (χ1) is 11.6. The van der Waals surface area contributed by atoms with E-state index in [1.165, 1.54) is 12.8 Å². The van der Waals surface area contributed by atoms with Crippen LogP contribution in [0.5, 0.6) is 0 Å². The molecular weight excluding hydrogens is 304 g/mol. The molecule has 3 heterocycles. The Morgan fingerprint density at radius 2 is 2.17 bits per heavy atom. The van der Waals surface area contributed by atoms with Crippen molar-refractivity contribution in [1.82, 2.24) is 14.8 Å². The molecule has 6 heteroatoms. The lowest BCUT2D eigenvalue weighted by atomic mass is 10.0. The number of ether oxygens (including phenoxy) is 1. The summed E-state index contributed by atoms with van der Waals surface area (Å²) >= 11 is 0. The Morgan fingerprint density at radius 1 is 1.33 bits per heavy atom. The molecule has 0 radical (unpaired) electrons. The molecule has 2 fully saturated rings. The van der Waals surface area contributed by atoms with E-state index in [1.807, 2.05) is 36.0 Å². The Bertz CT molecular complexity index is 559. The molecule has 1 aromatic heterocycles. The molecule has 0 bridgehead atoms. The van der Waals surface area contributed by atoms with Crippen LogP contribution < -0.4 is 4.90 Å². The molecule has 2 aliphatic heterocycles. The van der Waals surface area contributed by atoms with Gasteiger partial charge in [-0.25, -0.2) is 4.98 Å². The van der Waals surface area contributed by atoms with E-state index in [9.17, 15) is 4.79 Å². The summed E-state index contributed by atoms with van der Waals surface area (Å²) in [6, 6.07) is 4.59. The maximum atomic E-state index is 12.8. The molecule has 2 saturated heterocycles. The first kappa shape index (κ1) is 17.2. The van der Waals surface area contributed by atoms with E-state index in [1.54, 1.807) is 6.20 Å². The van der Waals surface area contributed by atoms with Crippen LogP contribution in [0.3, 0.4) is 0 Å². The van der Waals surface area contributed by atoms with Crippen LogP contribution in [0.25, 0.3) is 0 Å². The Balaban J connectivity index is 1.65. The van der Waals surface area contributed by atoms with Crippen molar-refractivity contribution in [1.29, 1.82) is 0 Å². The van der Waals surface area contributed by atoms with Crippen molar-refractivity contribution in [3.05, 3.63) is 23.9 Å². The van der Waals surface area contributed by atoms with Crippen LogP contribution in [0, 0.1) is 0 Å². The molecule has 24 heavy (non-hydrogen) atoms. The van der Waals surface area contributed by atoms with Gasteiger partial charge in [0.05, 0.1) is 24.8 Å². The number of pyridine rings is 1. The first-order valence-electron chi connectivity index (χ1n) is 8.86. The summed E-state index contributed by atoms with van der Waals surface area (Å²) in [7, 11) is 3.89. The zero-order valence-corrected chi connectivity index (χ0v) is 14.9. The van der Waals surface area contributed by atoms with Gasteiger partial charge >= 0.3 is 0 Å². The molecule has 0 saturated carbocycles. The predicted octanol–water partition coefficient (Wildman–Crippen LogP) is 1.47. The number of nitrogens with zero attached hydrogens (tertiary/aromatic N) is 4.